The van der Waals surface area contributed by atoms with Gasteiger partial charge in [0, 0.05) is 5.92 Å². The third kappa shape index (κ3) is 3.48. The van der Waals surface area contributed by atoms with Crippen LogP contribution in [0.2, 0.25) is 0 Å². The molecular weight excluding hydrogens is 214 g/mol. The summed E-state index contributed by atoms with van der Waals surface area (Å²) in [5.41, 5.74) is 2.37. The lowest BCUT2D eigenvalue weighted by molar-refractivity contribution is -0.122. The molecule has 3 heteroatoms. The van der Waals surface area contributed by atoms with E-state index in [1.54, 1.807) is 0 Å². The smallest absolute Gasteiger partial charge is 0.223 e. The maximum absolute atomic E-state index is 11.4. The van der Waals surface area contributed by atoms with Gasteiger partial charge >= 0.3 is 0 Å². The van der Waals surface area contributed by atoms with Gasteiger partial charge in [0.25, 0.3) is 0 Å². The van der Waals surface area contributed by atoms with E-state index < -0.39 is 0 Å². The van der Waals surface area contributed by atoms with Crippen LogP contribution in [0.25, 0.3) is 0 Å². The van der Waals surface area contributed by atoms with Gasteiger partial charge in [-0.2, -0.15) is 0 Å². The third-order valence-corrected chi connectivity index (χ3v) is 2.94. The lowest BCUT2D eigenvalue weighted by Gasteiger charge is -2.10. The van der Waals surface area contributed by atoms with E-state index in [2.05, 4.69) is 18.3 Å². The van der Waals surface area contributed by atoms with Crippen LogP contribution in [0.15, 0.2) is 18.2 Å². The zero-order valence-corrected chi connectivity index (χ0v) is 10.5. The molecule has 2 rings (SSSR count). The Morgan fingerprint density at radius 1 is 1.41 bits per heavy atom. The normalized spacial score (nSPS) is 14.5. The number of carbonyl (C=O) groups excluding carboxylic acids is 1. The molecule has 0 spiro atoms. The summed E-state index contributed by atoms with van der Waals surface area (Å²) >= 11 is 0. The van der Waals surface area contributed by atoms with Crippen molar-refractivity contribution in [3.8, 4) is 5.75 Å². The standard InChI is InChI=1S/C14H19NO2/c1-10-3-6-13(11(2)9-10)17-8-7-15-14(16)12-4-5-12/h3,6,9,12H,4-5,7-8H2,1-2H3,(H,15,16). The van der Waals surface area contributed by atoms with Crippen molar-refractivity contribution in [1.29, 1.82) is 0 Å². The summed E-state index contributed by atoms with van der Waals surface area (Å²) in [6, 6.07) is 6.11. The molecule has 1 fully saturated rings. The average Bonchev–Trinajstić information content (AvgIpc) is 3.10. The Morgan fingerprint density at radius 2 is 2.18 bits per heavy atom. The van der Waals surface area contributed by atoms with Gasteiger partial charge in [-0.1, -0.05) is 17.7 Å². The maximum Gasteiger partial charge on any atom is 0.223 e. The minimum Gasteiger partial charge on any atom is -0.491 e. The lowest BCUT2D eigenvalue weighted by atomic mass is 10.1. The summed E-state index contributed by atoms with van der Waals surface area (Å²) in [4.78, 5) is 11.4. The van der Waals surface area contributed by atoms with Crippen molar-refractivity contribution in [1.82, 2.24) is 5.32 Å². The number of aryl methyl sites for hydroxylation is 2. The summed E-state index contributed by atoms with van der Waals surface area (Å²) in [5, 5.41) is 2.88. The first-order chi connectivity index (χ1) is 8.16. The van der Waals surface area contributed by atoms with Crippen LogP contribution < -0.4 is 10.1 Å². The lowest BCUT2D eigenvalue weighted by Crippen LogP contribution is -2.29. The fourth-order valence-corrected chi connectivity index (χ4v) is 1.79. The summed E-state index contributed by atoms with van der Waals surface area (Å²) in [6.07, 6.45) is 2.09. The van der Waals surface area contributed by atoms with Gasteiger partial charge in [-0.05, 0) is 38.3 Å². The molecule has 0 aromatic heterocycles. The Bertz CT molecular complexity index is 411. The van der Waals surface area contributed by atoms with E-state index >= 15 is 0 Å². The molecule has 1 aromatic carbocycles. The Balaban J connectivity index is 1.72. The summed E-state index contributed by atoms with van der Waals surface area (Å²) in [7, 11) is 0. The molecule has 0 atom stereocenters. The Morgan fingerprint density at radius 3 is 2.82 bits per heavy atom. The molecule has 0 bridgehead atoms. The summed E-state index contributed by atoms with van der Waals surface area (Å²) < 4.78 is 5.63. The molecule has 0 unspecified atom stereocenters. The Hall–Kier alpha value is -1.51. The molecular formula is C14H19NO2. The van der Waals surface area contributed by atoms with Gasteiger partial charge in [-0.15, -0.1) is 0 Å². The molecule has 0 heterocycles. The van der Waals surface area contributed by atoms with Crippen LogP contribution in [-0.2, 0) is 4.79 Å². The van der Waals surface area contributed by atoms with Crippen LogP contribution in [0.5, 0.6) is 5.75 Å². The van der Waals surface area contributed by atoms with Crippen molar-refractivity contribution in [3.05, 3.63) is 29.3 Å². The van der Waals surface area contributed by atoms with E-state index in [0.29, 0.717) is 13.2 Å². The average molecular weight is 233 g/mol. The van der Waals surface area contributed by atoms with Crippen LogP contribution in [-0.4, -0.2) is 19.1 Å². The number of hydrogen-bond acceptors (Lipinski definition) is 2. The minimum absolute atomic E-state index is 0.175. The van der Waals surface area contributed by atoms with Crippen LogP contribution >= 0.6 is 0 Å². The van der Waals surface area contributed by atoms with Crippen molar-refractivity contribution in [3.63, 3.8) is 0 Å². The van der Waals surface area contributed by atoms with E-state index in [4.69, 9.17) is 4.74 Å². The van der Waals surface area contributed by atoms with Crippen LogP contribution in [0.4, 0.5) is 0 Å². The number of rotatable bonds is 5. The number of carbonyl (C=O) groups is 1. The predicted molar refractivity (Wildman–Crippen MR) is 67.1 cm³/mol. The SMILES string of the molecule is Cc1ccc(OCCNC(=O)C2CC2)c(C)c1. The van der Waals surface area contributed by atoms with Crippen molar-refractivity contribution in [2.24, 2.45) is 5.92 Å². The van der Waals surface area contributed by atoms with Gasteiger partial charge < -0.3 is 10.1 Å². The Kier molecular flexibility index (Phi) is 3.67. The van der Waals surface area contributed by atoms with Gasteiger partial charge in [-0.25, -0.2) is 0 Å². The van der Waals surface area contributed by atoms with E-state index in [1.165, 1.54) is 5.56 Å². The number of nitrogens with one attached hydrogen (secondary N) is 1. The zero-order valence-electron chi connectivity index (χ0n) is 10.5. The molecule has 0 aliphatic heterocycles. The molecule has 1 aromatic rings. The van der Waals surface area contributed by atoms with Crippen LogP contribution in [0.1, 0.15) is 24.0 Å². The summed E-state index contributed by atoms with van der Waals surface area (Å²) in [6.45, 7) is 5.21. The molecule has 1 N–H and O–H groups in total. The molecule has 3 nitrogen and oxygen atoms in total. The van der Waals surface area contributed by atoms with Crippen LogP contribution in [0.3, 0.4) is 0 Å². The van der Waals surface area contributed by atoms with E-state index in [1.807, 2.05) is 19.1 Å². The van der Waals surface area contributed by atoms with Gasteiger partial charge in [0.1, 0.15) is 12.4 Å². The van der Waals surface area contributed by atoms with E-state index in [0.717, 1.165) is 24.2 Å². The fourth-order valence-electron chi connectivity index (χ4n) is 1.79. The minimum atomic E-state index is 0.175. The first-order valence-corrected chi connectivity index (χ1v) is 6.14. The van der Waals surface area contributed by atoms with Crippen molar-refractivity contribution >= 4 is 5.91 Å². The van der Waals surface area contributed by atoms with E-state index in [9.17, 15) is 4.79 Å². The molecule has 1 aliphatic carbocycles. The van der Waals surface area contributed by atoms with E-state index in [-0.39, 0.29) is 11.8 Å². The Labute approximate surface area is 102 Å². The zero-order chi connectivity index (χ0) is 12.3. The first-order valence-electron chi connectivity index (χ1n) is 6.14. The second kappa shape index (κ2) is 5.21. The van der Waals surface area contributed by atoms with Crippen molar-refractivity contribution in [2.45, 2.75) is 26.7 Å². The molecule has 17 heavy (non-hydrogen) atoms. The highest BCUT2D eigenvalue weighted by atomic mass is 16.5. The second-order valence-electron chi connectivity index (χ2n) is 4.68. The highest BCUT2D eigenvalue weighted by Gasteiger charge is 2.28. The molecule has 0 saturated heterocycles. The third-order valence-electron chi connectivity index (χ3n) is 2.94. The monoisotopic (exact) mass is 233 g/mol. The predicted octanol–water partition coefficient (Wildman–Crippen LogP) is 2.21. The first kappa shape index (κ1) is 12.0. The maximum atomic E-state index is 11.4. The molecule has 1 amide bonds. The molecule has 0 radical (unpaired) electrons. The molecule has 92 valence electrons. The van der Waals surface area contributed by atoms with Crippen molar-refractivity contribution < 1.29 is 9.53 Å². The van der Waals surface area contributed by atoms with Gasteiger partial charge in [-0.3, -0.25) is 4.79 Å². The largest absolute Gasteiger partial charge is 0.491 e. The highest BCUT2D eigenvalue weighted by Crippen LogP contribution is 2.28. The van der Waals surface area contributed by atoms with Gasteiger partial charge in [0.2, 0.25) is 5.91 Å². The van der Waals surface area contributed by atoms with Crippen molar-refractivity contribution in [2.75, 3.05) is 13.2 Å². The van der Waals surface area contributed by atoms with Gasteiger partial charge in [0.05, 0.1) is 6.54 Å². The molecule has 1 saturated carbocycles. The van der Waals surface area contributed by atoms with Crippen LogP contribution in [0, 0.1) is 19.8 Å². The number of benzene rings is 1. The second-order valence-corrected chi connectivity index (χ2v) is 4.68. The topological polar surface area (TPSA) is 38.3 Å². The summed E-state index contributed by atoms with van der Waals surface area (Å²) in [5.74, 6) is 1.35. The number of ether oxygens (including phenoxy) is 1. The fraction of sp³-hybridized carbons (Fsp3) is 0.500. The van der Waals surface area contributed by atoms with Gasteiger partial charge in [0.15, 0.2) is 0 Å². The molecule has 1 aliphatic rings. The number of hydrogen-bond donors (Lipinski definition) is 1. The number of amides is 1. The highest BCUT2D eigenvalue weighted by molar-refractivity contribution is 5.80. The quantitative estimate of drug-likeness (QED) is 0.792.